The summed E-state index contributed by atoms with van der Waals surface area (Å²) in [4.78, 5) is 26.7. The minimum absolute atomic E-state index is 0.256. The van der Waals surface area contributed by atoms with Gasteiger partial charge in [-0.25, -0.2) is 0 Å². The molecule has 1 heterocycles. The van der Waals surface area contributed by atoms with E-state index in [1.54, 1.807) is 26.0 Å². The van der Waals surface area contributed by atoms with Gasteiger partial charge in [0.1, 0.15) is 0 Å². The predicted molar refractivity (Wildman–Crippen MR) is 91.7 cm³/mol. The first kappa shape index (κ1) is 20.2. The second-order valence-corrected chi connectivity index (χ2v) is 6.54. The second-order valence-electron chi connectivity index (χ2n) is 6.54. The molecular formula is C17H23F3N4O2. The molecule has 3 N–H and O–H groups in total. The highest BCUT2D eigenvalue weighted by molar-refractivity contribution is 5.96. The molecule has 1 aromatic rings. The van der Waals surface area contributed by atoms with Crippen molar-refractivity contribution in [1.82, 2.24) is 9.80 Å². The topological polar surface area (TPSA) is 78.7 Å². The highest BCUT2D eigenvalue weighted by Crippen LogP contribution is 2.21. The Balaban J connectivity index is 1.91. The van der Waals surface area contributed by atoms with Crippen molar-refractivity contribution in [3.8, 4) is 0 Å². The maximum atomic E-state index is 12.6. The zero-order chi connectivity index (χ0) is 19.5. The molecule has 0 aromatic heterocycles. The maximum Gasteiger partial charge on any atom is 0.401 e. The number of piperazine rings is 1. The number of carbonyl (C=O) groups excluding carboxylic acids is 2. The van der Waals surface area contributed by atoms with Crippen LogP contribution in [0, 0.1) is 0 Å². The van der Waals surface area contributed by atoms with Crippen LogP contribution < -0.4 is 11.1 Å². The number of halogens is 3. The van der Waals surface area contributed by atoms with Crippen LogP contribution in [0.3, 0.4) is 0 Å². The lowest BCUT2D eigenvalue weighted by molar-refractivity contribution is -0.156. The Bertz CT molecular complexity index is 648. The fourth-order valence-electron chi connectivity index (χ4n) is 2.97. The molecule has 26 heavy (non-hydrogen) atoms. The molecule has 0 spiro atoms. The summed E-state index contributed by atoms with van der Waals surface area (Å²) >= 11 is 0. The van der Waals surface area contributed by atoms with Crippen molar-refractivity contribution in [1.29, 1.82) is 0 Å². The van der Waals surface area contributed by atoms with Gasteiger partial charge in [-0.15, -0.1) is 0 Å². The van der Waals surface area contributed by atoms with Crippen LogP contribution in [-0.4, -0.2) is 66.1 Å². The molecule has 0 aliphatic carbocycles. The van der Waals surface area contributed by atoms with E-state index >= 15 is 0 Å². The molecule has 0 unspecified atom stereocenters. The summed E-state index contributed by atoms with van der Waals surface area (Å²) in [5.41, 5.74) is 6.03. The molecule has 0 saturated carbocycles. The summed E-state index contributed by atoms with van der Waals surface area (Å²) in [5, 5.41) is 2.74. The third-order valence-electron chi connectivity index (χ3n) is 4.54. The quantitative estimate of drug-likeness (QED) is 0.824. The summed E-state index contributed by atoms with van der Waals surface area (Å²) < 4.78 is 37.7. The van der Waals surface area contributed by atoms with Crippen molar-refractivity contribution in [3.63, 3.8) is 0 Å². The maximum absolute atomic E-state index is 12.6. The van der Waals surface area contributed by atoms with Crippen LogP contribution in [0.2, 0.25) is 0 Å². The first-order chi connectivity index (χ1) is 12.1. The van der Waals surface area contributed by atoms with E-state index in [1.165, 1.54) is 17.0 Å². The average molecular weight is 372 g/mol. The van der Waals surface area contributed by atoms with Crippen LogP contribution in [0.25, 0.3) is 0 Å². The molecule has 1 aromatic carbocycles. The number of alkyl halides is 3. The van der Waals surface area contributed by atoms with Crippen LogP contribution in [0.1, 0.15) is 24.2 Å². The van der Waals surface area contributed by atoms with Gasteiger partial charge in [-0.1, -0.05) is 0 Å². The molecule has 1 fully saturated rings. The molecule has 1 aliphatic rings. The van der Waals surface area contributed by atoms with Gasteiger partial charge in [-0.2, -0.15) is 13.2 Å². The van der Waals surface area contributed by atoms with Gasteiger partial charge < -0.3 is 11.1 Å². The molecule has 2 amide bonds. The largest absolute Gasteiger partial charge is 0.401 e. The van der Waals surface area contributed by atoms with Crippen LogP contribution in [0.4, 0.5) is 18.9 Å². The number of primary amides is 1. The smallest absolute Gasteiger partial charge is 0.366 e. The Morgan fingerprint density at radius 2 is 1.88 bits per heavy atom. The van der Waals surface area contributed by atoms with E-state index in [0.29, 0.717) is 24.3 Å². The standard InChI is InChI=1S/C17H23F3N4O2/c1-11-9-23(7-8-24(11)10-17(18,19)20)12(2)16(26)22-14-5-3-13(4-6-14)15(21)25/h3-6,11-12H,7-10H2,1-2H3,(H2,21,25)(H,22,26)/t11-,12+/m1/s1. The predicted octanol–water partition coefficient (Wildman–Crippen LogP) is 1.68. The number of nitrogens with two attached hydrogens (primary N) is 1. The summed E-state index contributed by atoms with van der Waals surface area (Å²) in [6.07, 6.45) is -4.23. The summed E-state index contributed by atoms with van der Waals surface area (Å²) in [6, 6.07) is 5.40. The molecule has 144 valence electrons. The molecule has 1 saturated heterocycles. The van der Waals surface area contributed by atoms with Gasteiger partial charge in [0, 0.05) is 36.9 Å². The molecule has 1 aliphatic heterocycles. The van der Waals surface area contributed by atoms with Crippen molar-refractivity contribution in [2.24, 2.45) is 5.73 Å². The lowest BCUT2D eigenvalue weighted by Crippen LogP contribution is -2.58. The molecule has 9 heteroatoms. The average Bonchev–Trinajstić information content (AvgIpc) is 2.55. The SMILES string of the molecule is C[C@@H]1CN([C@@H](C)C(=O)Nc2ccc(C(N)=O)cc2)CCN1CC(F)(F)F. The van der Waals surface area contributed by atoms with Gasteiger partial charge in [0.2, 0.25) is 11.8 Å². The van der Waals surface area contributed by atoms with Gasteiger partial charge >= 0.3 is 6.18 Å². The van der Waals surface area contributed by atoms with Crippen LogP contribution >= 0.6 is 0 Å². The van der Waals surface area contributed by atoms with Gasteiger partial charge in [0.15, 0.2) is 0 Å². The molecule has 0 radical (unpaired) electrons. The van der Waals surface area contributed by atoms with Crippen molar-refractivity contribution in [2.75, 3.05) is 31.5 Å². The first-order valence-corrected chi connectivity index (χ1v) is 8.32. The third kappa shape index (κ3) is 5.43. The van der Waals surface area contributed by atoms with Crippen LogP contribution in [0.5, 0.6) is 0 Å². The molecule has 0 bridgehead atoms. The number of nitrogens with zero attached hydrogens (tertiary/aromatic N) is 2. The number of hydrogen-bond donors (Lipinski definition) is 2. The Kier molecular flexibility index (Phi) is 6.25. The fourth-order valence-corrected chi connectivity index (χ4v) is 2.97. The first-order valence-electron chi connectivity index (χ1n) is 8.32. The minimum Gasteiger partial charge on any atom is -0.366 e. The van der Waals surface area contributed by atoms with E-state index in [0.717, 1.165) is 0 Å². The second kappa shape index (κ2) is 8.05. The fraction of sp³-hybridized carbons (Fsp3) is 0.529. The van der Waals surface area contributed by atoms with Crippen molar-refractivity contribution in [3.05, 3.63) is 29.8 Å². The molecular weight excluding hydrogens is 349 g/mol. The van der Waals surface area contributed by atoms with Crippen molar-refractivity contribution in [2.45, 2.75) is 32.1 Å². The van der Waals surface area contributed by atoms with E-state index in [-0.39, 0.29) is 18.5 Å². The zero-order valence-electron chi connectivity index (χ0n) is 14.7. The Hall–Kier alpha value is -2.13. The Morgan fingerprint density at radius 3 is 2.38 bits per heavy atom. The summed E-state index contributed by atoms with van der Waals surface area (Å²) in [6.45, 7) is 3.53. The molecule has 2 rings (SSSR count). The number of anilines is 1. The number of carbonyl (C=O) groups is 2. The number of hydrogen-bond acceptors (Lipinski definition) is 4. The summed E-state index contributed by atoms with van der Waals surface area (Å²) in [7, 11) is 0. The van der Waals surface area contributed by atoms with E-state index < -0.39 is 24.7 Å². The van der Waals surface area contributed by atoms with Gasteiger partial charge in [-0.3, -0.25) is 19.4 Å². The van der Waals surface area contributed by atoms with Crippen LogP contribution in [-0.2, 0) is 4.79 Å². The Labute approximate surface area is 150 Å². The van der Waals surface area contributed by atoms with Gasteiger partial charge in [0.25, 0.3) is 0 Å². The van der Waals surface area contributed by atoms with Crippen molar-refractivity contribution >= 4 is 17.5 Å². The monoisotopic (exact) mass is 372 g/mol. The highest BCUT2D eigenvalue weighted by Gasteiger charge is 2.36. The highest BCUT2D eigenvalue weighted by atomic mass is 19.4. The van der Waals surface area contributed by atoms with E-state index in [4.69, 9.17) is 5.73 Å². The minimum atomic E-state index is -4.23. The van der Waals surface area contributed by atoms with E-state index in [2.05, 4.69) is 5.32 Å². The summed E-state index contributed by atoms with van der Waals surface area (Å²) in [5.74, 6) is -0.810. The zero-order valence-corrected chi connectivity index (χ0v) is 14.7. The number of amides is 2. The number of rotatable bonds is 5. The number of benzene rings is 1. The Morgan fingerprint density at radius 1 is 1.27 bits per heavy atom. The van der Waals surface area contributed by atoms with Gasteiger partial charge in [-0.05, 0) is 38.1 Å². The number of nitrogens with one attached hydrogen (secondary N) is 1. The molecule has 6 nitrogen and oxygen atoms in total. The van der Waals surface area contributed by atoms with E-state index in [1.807, 2.05) is 4.90 Å². The van der Waals surface area contributed by atoms with Crippen LogP contribution in [0.15, 0.2) is 24.3 Å². The molecule has 2 atom stereocenters. The van der Waals surface area contributed by atoms with Crippen molar-refractivity contribution < 1.29 is 22.8 Å². The van der Waals surface area contributed by atoms with Gasteiger partial charge in [0.05, 0.1) is 12.6 Å². The third-order valence-corrected chi connectivity index (χ3v) is 4.54. The normalized spacial score (nSPS) is 20.6. The van der Waals surface area contributed by atoms with E-state index in [9.17, 15) is 22.8 Å². The lowest BCUT2D eigenvalue weighted by Gasteiger charge is -2.42. The lowest BCUT2D eigenvalue weighted by atomic mass is 10.1.